The Morgan fingerprint density at radius 1 is 0.387 bits per heavy atom. The van der Waals surface area contributed by atoms with Crippen LogP contribution in [0, 0.1) is 0 Å². The Balaban J connectivity index is 1.65. The molecule has 0 atom stereocenters. The number of hydrogen-bond acceptors (Lipinski definition) is 0. The molecule has 0 aliphatic rings. The lowest BCUT2D eigenvalue weighted by molar-refractivity contribution is 1.19. The Kier molecular flexibility index (Phi) is 3.33. The summed E-state index contributed by atoms with van der Waals surface area (Å²) in [6.07, 6.45) is 0. The summed E-state index contributed by atoms with van der Waals surface area (Å²) in [5.74, 6) is 0. The highest BCUT2D eigenvalue weighted by atomic mass is 15.0. The third-order valence-electron chi connectivity index (χ3n) is 6.55. The average molecular weight is 393 g/mol. The molecule has 0 N–H and O–H groups in total. The second kappa shape index (κ2) is 6.20. The maximum Gasteiger partial charge on any atom is 0.0541 e. The lowest BCUT2D eigenvalue weighted by Crippen LogP contribution is -1.94. The third kappa shape index (κ3) is 2.32. The SMILES string of the molecule is c1ccc2c(c1)ccc1ccc3ccc(-n4c5ccccc5c5ccccc54)cc3c12. The fraction of sp³-hybridized carbons (Fsp3) is 0. The maximum absolute atomic E-state index is 2.40. The quantitative estimate of drug-likeness (QED) is 0.247. The molecule has 1 nitrogen and oxygen atoms in total. The van der Waals surface area contributed by atoms with Gasteiger partial charge in [-0.15, -0.1) is 0 Å². The van der Waals surface area contributed by atoms with Crippen LogP contribution in [0.2, 0.25) is 0 Å². The zero-order valence-corrected chi connectivity index (χ0v) is 16.9. The Hall–Kier alpha value is -4.10. The Labute approximate surface area is 179 Å². The van der Waals surface area contributed by atoms with Crippen molar-refractivity contribution in [1.29, 1.82) is 0 Å². The Bertz CT molecular complexity index is 1730. The number of para-hydroxylation sites is 2. The van der Waals surface area contributed by atoms with E-state index < -0.39 is 0 Å². The number of nitrogens with zero attached hydrogens (tertiary/aromatic N) is 1. The van der Waals surface area contributed by atoms with Gasteiger partial charge in [0.2, 0.25) is 0 Å². The summed E-state index contributed by atoms with van der Waals surface area (Å²) in [6, 6.07) is 41.9. The summed E-state index contributed by atoms with van der Waals surface area (Å²) < 4.78 is 2.40. The average Bonchev–Trinajstić information content (AvgIpc) is 3.18. The first kappa shape index (κ1) is 16.7. The van der Waals surface area contributed by atoms with Gasteiger partial charge in [0.15, 0.2) is 0 Å². The van der Waals surface area contributed by atoms with Crippen molar-refractivity contribution in [3.63, 3.8) is 0 Å². The molecule has 7 aromatic rings. The van der Waals surface area contributed by atoms with Crippen LogP contribution in [0.5, 0.6) is 0 Å². The van der Waals surface area contributed by atoms with Gasteiger partial charge in [-0.2, -0.15) is 0 Å². The molecule has 0 aliphatic carbocycles. The van der Waals surface area contributed by atoms with E-state index in [4.69, 9.17) is 0 Å². The molecule has 31 heavy (non-hydrogen) atoms. The predicted molar refractivity (Wildman–Crippen MR) is 133 cm³/mol. The zero-order chi connectivity index (χ0) is 20.4. The fourth-order valence-electron chi connectivity index (χ4n) is 5.15. The number of hydrogen-bond donors (Lipinski definition) is 0. The summed E-state index contributed by atoms with van der Waals surface area (Å²) >= 11 is 0. The van der Waals surface area contributed by atoms with E-state index in [0.717, 1.165) is 0 Å². The molecule has 0 saturated heterocycles. The van der Waals surface area contributed by atoms with Crippen molar-refractivity contribution in [2.45, 2.75) is 0 Å². The van der Waals surface area contributed by atoms with Gasteiger partial charge in [0.05, 0.1) is 11.0 Å². The van der Waals surface area contributed by atoms with Gasteiger partial charge in [-0.05, 0) is 56.6 Å². The molecule has 1 heteroatoms. The van der Waals surface area contributed by atoms with E-state index in [0.29, 0.717) is 0 Å². The lowest BCUT2D eigenvalue weighted by Gasteiger charge is -2.12. The highest BCUT2D eigenvalue weighted by Gasteiger charge is 2.13. The standard InChI is InChI=1S/C30H19N/c1-2-8-24-20(7-1)13-15-22-16-14-21-17-18-23(19-27(21)30(22)24)31-28-11-5-3-9-25(28)26-10-4-6-12-29(26)31/h1-19H. The van der Waals surface area contributed by atoms with Gasteiger partial charge in [0.1, 0.15) is 0 Å². The van der Waals surface area contributed by atoms with E-state index in [1.54, 1.807) is 0 Å². The van der Waals surface area contributed by atoms with Crippen molar-refractivity contribution in [3.8, 4) is 5.69 Å². The van der Waals surface area contributed by atoms with Crippen LogP contribution < -0.4 is 0 Å². The number of fused-ring (bicyclic) bond motifs is 8. The predicted octanol–water partition coefficient (Wildman–Crippen LogP) is 8.24. The molecule has 6 aromatic carbocycles. The fourth-order valence-corrected chi connectivity index (χ4v) is 5.15. The molecule has 0 fully saturated rings. The third-order valence-corrected chi connectivity index (χ3v) is 6.55. The minimum Gasteiger partial charge on any atom is -0.309 e. The van der Waals surface area contributed by atoms with Gasteiger partial charge in [-0.25, -0.2) is 0 Å². The van der Waals surface area contributed by atoms with Crippen LogP contribution in [0.3, 0.4) is 0 Å². The van der Waals surface area contributed by atoms with Gasteiger partial charge < -0.3 is 4.57 Å². The molecular weight excluding hydrogens is 374 g/mol. The van der Waals surface area contributed by atoms with Crippen LogP contribution in [0.15, 0.2) is 115 Å². The van der Waals surface area contributed by atoms with Crippen LogP contribution in [0.4, 0.5) is 0 Å². The topological polar surface area (TPSA) is 4.93 Å². The first-order valence-electron chi connectivity index (χ1n) is 10.7. The zero-order valence-electron chi connectivity index (χ0n) is 16.9. The normalized spacial score (nSPS) is 11.9. The molecule has 0 unspecified atom stereocenters. The first-order chi connectivity index (χ1) is 15.4. The molecule has 0 amide bonds. The summed E-state index contributed by atoms with van der Waals surface area (Å²) in [7, 11) is 0. The van der Waals surface area contributed by atoms with E-state index in [2.05, 4.69) is 120 Å². The Morgan fingerprint density at radius 3 is 1.61 bits per heavy atom. The Morgan fingerprint density at radius 2 is 0.903 bits per heavy atom. The molecule has 1 heterocycles. The smallest absolute Gasteiger partial charge is 0.0541 e. The van der Waals surface area contributed by atoms with Crippen molar-refractivity contribution in [2.24, 2.45) is 0 Å². The summed E-state index contributed by atoms with van der Waals surface area (Å²) in [4.78, 5) is 0. The highest BCUT2D eigenvalue weighted by Crippen LogP contribution is 2.36. The summed E-state index contributed by atoms with van der Waals surface area (Å²) in [6.45, 7) is 0. The van der Waals surface area contributed by atoms with Crippen LogP contribution >= 0.6 is 0 Å². The van der Waals surface area contributed by atoms with Crippen molar-refractivity contribution in [1.82, 2.24) is 4.57 Å². The molecule has 0 spiro atoms. The molecule has 0 bridgehead atoms. The van der Waals surface area contributed by atoms with Crippen molar-refractivity contribution >= 4 is 54.1 Å². The van der Waals surface area contributed by atoms with Gasteiger partial charge in [0.25, 0.3) is 0 Å². The van der Waals surface area contributed by atoms with Crippen LogP contribution in [-0.2, 0) is 0 Å². The van der Waals surface area contributed by atoms with E-state index in [1.165, 1.54) is 59.8 Å². The monoisotopic (exact) mass is 393 g/mol. The van der Waals surface area contributed by atoms with E-state index in [1.807, 2.05) is 0 Å². The van der Waals surface area contributed by atoms with Crippen molar-refractivity contribution < 1.29 is 0 Å². The minimum absolute atomic E-state index is 1.20. The molecule has 144 valence electrons. The molecule has 0 radical (unpaired) electrons. The summed E-state index contributed by atoms with van der Waals surface area (Å²) in [5, 5.41) is 10.4. The van der Waals surface area contributed by atoms with Crippen LogP contribution in [-0.4, -0.2) is 4.57 Å². The van der Waals surface area contributed by atoms with Gasteiger partial charge in [-0.3, -0.25) is 0 Å². The summed E-state index contributed by atoms with van der Waals surface area (Å²) in [5.41, 5.74) is 3.69. The first-order valence-corrected chi connectivity index (χ1v) is 10.7. The molecular formula is C30H19N. The number of benzene rings is 6. The van der Waals surface area contributed by atoms with Crippen LogP contribution in [0.1, 0.15) is 0 Å². The lowest BCUT2D eigenvalue weighted by atomic mass is 9.96. The van der Waals surface area contributed by atoms with Gasteiger partial charge in [0, 0.05) is 16.5 Å². The number of aromatic nitrogens is 1. The second-order valence-electron chi connectivity index (χ2n) is 8.23. The molecule has 1 aromatic heterocycles. The highest BCUT2D eigenvalue weighted by molar-refractivity contribution is 6.20. The van der Waals surface area contributed by atoms with E-state index >= 15 is 0 Å². The number of rotatable bonds is 1. The molecule has 0 aliphatic heterocycles. The second-order valence-corrected chi connectivity index (χ2v) is 8.23. The van der Waals surface area contributed by atoms with Gasteiger partial charge >= 0.3 is 0 Å². The molecule has 7 rings (SSSR count). The van der Waals surface area contributed by atoms with Crippen molar-refractivity contribution in [3.05, 3.63) is 115 Å². The van der Waals surface area contributed by atoms with E-state index in [9.17, 15) is 0 Å². The largest absolute Gasteiger partial charge is 0.309 e. The van der Waals surface area contributed by atoms with E-state index in [-0.39, 0.29) is 0 Å². The van der Waals surface area contributed by atoms with Crippen LogP contribution in [0.25, 0.3) is 59.8 Å². The molecule has 0 saturated carbocycles. The van der Waals surface area contributed by atoms with Crippen molar-refractivity contribution in [2.75, 3.05) is 0 Å². The minimum atomic E-state index is 1.20. The maximum atomic E-state index is 2.40. The van der Waals surface area contributed by atoms with Gasteiger partial charge in [-0.1, -0.05) is 91.0 Å².